The second-order valence-corrected chi connectivity index (χ2v) is 5.82. The smallest absolute Gasteiger partial charge is 0.230 e. The third-order valence-electron chi connectivity index (χ3n) is 2.01. The zero-order valence-electron chi connectivity index (χ0n) is 9.76. The lowest BCUT2D eigenvalue weighted by molar-refractivity contribution is 0.865. The first-order chi connectivity index (χ1) is 8.56. The topological polar surface area (TPSA) is 41.9 Å². The van der Waals surface area contributed by atoms with E-state index in [1.807, 2.05) is 38.4 Å². The molecule has 1 heterocycles. The van der Waals surface area contributed by atoms with E-state index in [0.717, 1.165) is 9.37 Å². The van der Waals surface area contributed by atoms with E-state index in [2.05, 4.69) is 30.9 Å². The van der Waals surface area contributed by atoms with Crippen LogP contribution in [0.25, 0.3) is 0 Å². The fraction of sp³-hybridized carbons (Fsp3) is 0.182. The van der Waals surface area contributed by atoms with Crippen LogP contribution in [-0.4, -0.2) is 29.0 Å². The molecule has 2 rings (SSSR count). The summed E-state index contributed by atoms with van der Waals surface area (Å²) in [6.07, 6.45) is 0. The van der Waals surface area contributed by atoms with Crippen molar-refractivity contribution >= 4 is 45.2 Å². The second-order valence-electron chi connectivity index (χ2n) is 3.61. The van der Waals surface area contributed by atoms with Crippen molar-refractivity contribution in [1.29, 1.82) is 0 Å². The van der Waals surface area contributed by atoms with E-state index in [1.165, 1.54) is 11.8 Å². The molecule has 0 atom stereocenters. The normalized spacial score (nSPS) is 10.4. The Morgan fingerprint density at radius 2 is 1.89 bits per heavy atom. The molecule has 2 aromatic rings. The Morgan fingerprint density at radius 3 is 2.56 bits per heavy atom. The zero-order chi connectivity index (χ0) is 13.1. The molecule has 0 saturated heterocycles. The maximum absolute atomic E-state index is 5.89. The van der Waals surface area contributed by atoms with Gasteiger partial charge in [0.25, 0.3) is 0 Å². The molecule has 0 unspecified atom stereocenters. The number of benzene rings is 1. The standard InChI is InChI=1S/C11H10BrClN4S/c1-17(2)10-14-9(13)15-11(16-10)18-8-6-4-3-5-7(8)12/h3-6H,1-2H3. The van der Waals surface area contributed by atoms with Crippen LogP contribution >= 0.6 is 39.3 Å². The monoisotopic (exact) mass is 344 g/mol. The molecule has 0 aliphatic rings. The molecule has 1 aromatic heterocycles. The highest BCUT2D eigenvalue weighted by molar-refractivity contribution is 9.10. The van der Waals surface area contributed by atoms with E-state index in [4.69, 9.17) is 11.6 Å². The lowest BCUT2D eigenvalue weighted by Gasteiger charge is -2.10. The first kappa shape index (κ1) is 13.6. The summed E-state index contributed by atoms with van der Waals surface area (Å²) in [6.45, 7) is 0. The summed E-state index contributed by atoms with van der Waals surface area (Å²) in [5.41, 5.74) is 0. The van der Waals surface area contributed by atoms with Crippen molar-refractivity contribution in [2.75, 3.05) is 19.0 Å². The molecular formula is C11H10BrClN4S. The Kier molecular flexibility index (Phi) is 4.42. The van der Waals surface area contributed by atoms with Crippen molar-refractivity contribution in [3.8, 4) is 0 Å². The van der Waals surface area contributed by atoms with E-state index in [1.54, 1.807) is 4.90 Å². The third-order valence-corrected chi connectivity index (χ3v) is 4.08. The minimum absolute atomic E-state index is 0.197. The van der Waals surface area contributed by atoms with Crippen LogP contribution < -0.4 is 4.90 Å². The quantitative estimate of drug-likeness (QED) is 0.851. The molecule has 0 bridgehead atoms. The molecule has 0 saturated carbocycles. The predicted molar refractivity (Wildman–Crippen MR) is 77.4 cm³/mol. The Morgan fingerprint density at radius 1 is 1.17 bits per heavy atom. The van der Waals surface area contributed by atoms with Gasteiger partial charge in [-0.15, -0.1) is 0 Å². The Hall–Kier alpha value is -0.850. The SMILES string of the molecule is CN(C)c1nc(Cl)nc(Sc2ccccc2Br)n1. The average molecular weight is 346 g/mol. The highest BCUT2D eigenvalue weighted by Crippen LogP contribution is 2.31. The summed E-state index contributed by atoms with van der Waals surface area (Å²) in [5, 5.41) is 0.772. The largest absolute Gasteiger partial charge is 0.347 e. The Balaban J connectivity index is 2.32. The molecule has 4 nitrogen and oxygen atoms in total. The van der Waals surface area contributed by atoms with Gasteiger partial charge in [0.2, 0.25) is 11.2 Å². The van der Waals surface area contributed by atoms with Gasteiger partial charge in [0.05, 0.1) is 0 Å². The molecular weight excluding hydrogens is 336 g/mol. The van der Waals surface area contributed by atoms with Crippen LogP contribution in [-0.2, 0) is 0 Å². The molecule has 0 aliphatic heterocycles. The number of aromatic nitrogens is 3. The van der Waals surface area contributed by atoms with Gasteiger partial charge in [-0.3, -0.25) is 0 Å². The number of anilines is 1. The summed E-state index contributed by atoms with van der Waals surface area (Å²) in [4.78, 5) is 15.3. The van der Waals surface area contributed by atoms with E-state index in [0.29, 0.717) is 11.1 Å². The van der Waals surface area contributed by atoms with Crippen LogP contribution in [0.4, 0.5) is 5.95 Å². The third kappa shape index (κ3) is 3.34. The average Bonchev–Trinajstić information content (AvgIpc) is 2.31. The fourth-order valence-electron chi connectivity index (χ4n) is 1.19. The fourth-order valence-corrected chi connectivity index (χ4v) is 2.70. The Bertz CT molecular complexity index is 564. The highest BCUT2D eigenvalue weighted by Gasteiger charge is 2.09. The van der Waals surface area contributed by atoms with Gasteiger partial charge in [-0.05, 0) is 51.4 Å². The summed E-state index contributed by atoms with van der Waals surface area (Å²) in [5.74, 6) is 0.546. The molecule has 0 radical (unpaired) electrons. The number of nitrogens with zero attached hydrogens (tertiary/aromatic N) is 4. The van der Waals surface area contributed by atoms with Crippen molar-refractivity contribution in [3.05, 3.63) is 34.0 Å². The van der Waals surface area contributed by atoms with Gasteiger partial charge in [0.1, 0.15) is 0 Å². The summed E-state index contributed by atoms with van der Waals surface area (Å²) in [7, 11) is 3.72. The van der Waals surface area contributed by atoms with Crippen molar-refractivity contribution in [2.24, 2.45) is 0 Å². The van der Waals surface area contributed by atoms with E-state index in [-0.39, 0.29) is 5.28 Å². The van der Waals surface area contributed by atoms with Crippen LogP contribution in [0.3, 0.4) is 0 Å². The van der Waals surface area contributed by atoms with Crippen molar-refractivity contribution in [3.63, 3.8) is 0 Å². The van der Waals surface area contributed by atoms with Crippen LogP contribution in [0, 0.1) is 0 Å². The number of hydrogen-bond acceptors (Lipinski definition) is 5. The van der Waals surface area contributed by atoms with Crippen LogP contribution in [0.15, 0.2) is 38.8 Å². The molecule has 1 aromatic carbocycles. The van der Waals surface area contributed by atoms with Crippen LogP contribution in [0.5, 0.6) is 0 Å². The van der Waals surface area contributed by atoms with Crippen molar-refractivity contribution in [1.82, 2.24) is 15.0 Å². The maximum Gasteiger partial charge on any atom is 0.230 e. The molecule has 0 fully saturated rings. The van der Waals surface area contributed by atoms with Crippen molar-refractivity contribution in [2.45, 2.75) is 10.1 Å². The molecule has 0 aliphatic carbocycles. The Labute approximate surface area is 123 Å². The van der Waals surface area contributed by atoms with Gasteiger partial charge in [-0.25, -0.2) is 0 Å². The minimum atomic E-state index is 0.197. The van der Waals surface area contributed by atoms with Crippen molar-refractivity contribution < 1.29 is 0 Å². The number of rotatable bonds is 3. The molecule has 18 heavy (non-hydrogen) atoms. The van der Waals surface area contributed by atoms with Gasteiger partial charge < -0.3 is 4.90 Å². The van der Waals surface area contributed by atoms with Gasteiger partial charge in [-0.1, -0.05) is 12.1 Å². The van der Waals surface area contributed by atoms with E-state index < -0.39 is 0 Å². The highest BCUT2D eigenvalue weighted by atomic mass is 79.9. The lowest BCUT2D eigenvalue weighted by atomic mass is 10.4. The summed E-state index contributed by atoms with van der Waals surface area (Å²) < 4.78 is 0.998. The van der Waals surface area contributed by atoms with Crippen LogP contribution in [0.1, 0.15) is 0 Å². The molecule has 94 valence electrons. The van der Waals surface area contributed by atoms with Gasteiger partial charge >= 0.3 is 0 Å². The minimum Gasteiger partial charge on any atom is -0.347 e. The number of halogens is 2. The number of hydrogen-bond donors (Lipinski definition) is 0. The summed E-state index contributed by atoms with van der Waals surface area (Å²) in [6, 6.07) is 7.88. The second kappa shape index (κ2) is 5.86. The zero-order valence-corrected chi connectivity index (χ0v) is 12.9. The summed E-state index contributed by atoms with van der Waals surface area (Å²) >= 11 is 10.8. The lowest BCUT2D eigenvalue weighted by Crippen LogP contribution is -2.13. The first-order valence-corrected chi connectivity index (χ1v) is 7.06. The molecule has 0 amide bonds. The predicted octanol–water partition coefficient (Wildman–Crippen LogP) is 3.50. The van der Waals surface area contributed by atoms with Gasteiger partial charge in [0, 0.05) is 23.5 Å². The van der Waals surface area contributed by atoms with Crippen LogP contribution in [0.2, 0.25) is 5.28 Å². The molecule has 7 heteroatoms. The van der Waals surface area contributed by atoms with Gasteiger partial charge in [-0.2, -0.15) is 15.0 Å². The molecule has 0 spiro atoms. The molecule has 0 N–H and O–H groups in total. The van der Waals surface area contributed by atoms with E-state index >= 15 is 0 Å². The maximum atomic E-state index is 5.89. The van der Waals surface area contributed by atoms with Gasteiger partial charge in [0.15, 0.2) is 5.16 Å². The first-order valence-electron chi connectivity index (χ1n) is 5.07. The van der Waals surface area contributed by atoms with E-state index in [9.17, 15) is 0 Å².